The van der Waals surface area contributed by atoms with Crippen LogP contribution in [0.5, 0.6) is 0 Å². The van der Waals surface area contributed by atoms with Crippen LogP contribution in [0.2, 0.25) is 0 Å². The zero-order valence-corrected chi connectivity index (χ0v) is 14.4. The molecule has 0 bridgehead atoms. The fourth-order valence-corrected chi connectivity index (χ4v) is 2.75. The number of benzene rings is 2. The Bertz CT molecular complexity index is 886. The Morgan fingerprint density at radius 3 is 2.21 bits per heavy atom. The fraction of sp³-hybridized carbons (Fsp3) is 0.190. The standard InChI is InChI=1S/C21H21NO2/c1-13-9-14(2)11-18(10-13)22-21(23)20-8-7-19(24-20)17-6-5-15(3)16(4)12-17/h5-12H,1-4H3,(H,22,23). The number of amides is 1. The van der Waals surface area contributed by atoms with Gasteiger partial charge in [0.1, 0.15) is 5.76 Å². The molecule has 0 unspecified atom stereocenters. The molecule has 3 aromatic rings. The summed E-state index contributed by atoms with van der Waals surface area (Å²) >= 11 is 0. The Morgan fingerprint density at radius 1 is 0.833 bits per heavy atom. The van der Waals surface area contributed by atoms with E-state index in [9.17, 15) is 4.79 Å². The molecule has 0 saturated heterocycles. The summed E-state index contributed by atoms with van der Waals surface area (Å²) in [5.74, 6) is 0.765. The SMILES string of the molecule is Cc1cc(C)cc(NC(=O)c2ccc(-c3ccc(C)c(C)c3)o2)c1. The average Bonchev–Trinajstić information content (AvgIpc) is 2.99. The molecule has 0 radical (unpaired) electrons. The first-order chi connectivity index (χ1) is 11.4. The summed E-state index contributed by atoms with van der Waals surface area (Å²) < 4.78 is 5.75. The highest BCUT2D eigenvalue weighted by molar-refractivity contribution is 6.02. The van der Waals surface area contributed by atoms with E-state index in [0.29, 0.717) is 11.5 Å². The summed E-state index contributed by atoms with van der Waals surface area (Å²) in [6.07, 6.45) is 0. The Labute approximate surface area is 142 Å². The summed E-state index contributed by atoms with van der Waals surface area (Å²) in [6, 6.07) is 15.6. The molecule has 3 heteroatoms. The van der Waals surface area contributed by atoms with Gasteiger partial charge in [0.05, 0.1) is 0 Å². The normalized spacial score (nSPS) is 10.7. The minimum absolute atomic E-state index is 0.241. The van der Waals surface area contributed by atoms with Crippen LogP contribution < -0.4 is 5.32 Å². The molecule has 0 fully saturated rings. The maximum absolute atomic E-state index is 12.4. The first-order valence-corrected chi connectivity index (χ1v) is 7.99. The van der Waals surface area contributed by atoms with E-state index in [1.54, 1.807) is 6.07 Å². The van der Waals surface area contributed by atoms with E-state index in [1.165, 1.54) is 11.1 Å². The smallest absolute Gasteiger partial charge is 0.291 e. The molecule has 0 spiro atoms. The molecular weight excluding hydrogens is 298 g/mol. The maximum Gasteiger partial charge on any atom is 0.291 e. The van der Waals surface area contributed by atoms with Gasteiger partial charge in [0, 0.05) is 11.3 Å². The van der Waals surface area contributed by atoms with Gasteiger partial charge in [-0.05, 0) is 80.3 Å². The van der Waals surface area contributed by atoms with Crippen LogP contribution in [0.3, 0.4) is 0 Å². The van der Waals surface area contributed by atoms with E-state index in [2.05, 4.69) is 37.4 Å². The molecule has 2 aromatic carbocycles. The number of aryl methyl sites for hydroxylation is 4. The minimum Gasteiger partial charge on any atom is -0.451 e. The van der Waals surface area contributed by atoms with E-state index in [1.807, 2.05) is 38.1 Å². The average molecular weight is 319 g/mol. The van der Waals surface area contributed by atoms with Gasteiger partial charge in [-0.2, -0.15) is 0 Å². The number of furan rings is 1. The van der Waals surface area contributed by atoms with Crippen LogP contribution in [0.25, 0.3) is 11.3 Å². The van der Waals surface area contributed by atoms with Gasteiger partial charge in [-0.25, -0.2) is 0 Å². The van der Waals surface area contributed by atoms with Crippen molar-refractivity contribution in [3.63, 3.8) is 0 Å². The molecule has 0 aliphatic rings. The molecule has 0 atom stereocenters. The Kier molecular flexibility index (Phi) is 4.26. The van der Waals surface area contributed by atoms with Crippen molar-refractivity contribution in [2.45, 2.75) is 27.7 Å². The maximum atomic E-state index is 12.4. The molecular formula is C21H21NO2. The monoisotopic (exact) mass is 319 g/mol. The number of nitrogens with one attached hydrogen (secondary N) is 1. The molecule has 3 nitrogen and oxygen atoms in total. The predicted molar refractivity (Wildman–Crippen MR) is 97.5 cm³/mol. The fourth-order valence-electron chi connectivity index (χ4n) is 2.75. The molecule has 1 N–H and O–H groups in total. The van der Waals surface area contributed by atoms with Crippen molar-refractivity contribution in [2.75, 3.05) is 5.32 Å². The van der Waals surface area contributed by atoms with Gasteiger partial charge in [-0.15, -0.1) is 0 Å². The van der Waals surface area contributed by atoms with E-state index in [0.717, 1.165) is 22.4 Å². The van der Waals surface area contributed by atoms with Gasteiger partial charge in [-0.1, -0.05) is 18.2 Å². The van der Waals surface area contributed by atoms with Crippen LogP contribution in [0, 0.1) is 27.7 Å². The molecule has 0 aliphatic heterocycles. The first-order valence-electron chi connectivity index (χ1n) is 7.99. The Hall–Kier alpha value is -2.81. The van der Waals surface area contributed by atoms with Crippen LogP contribution in [0.1, 0.15) is 32.8 Å². The summed E-state index contributed by atoms with van der Waals surface area (Å²) in [5.41, 5.74) is 6.41. The third-order valence-electron chi connectivity index (χ3n) is 4.10. The zero-order chi connectivity index (χ0) is 17.3. The molecule has 1 heterocycles. The lowest BCUT2D eigenvalue weighted by Crippen LogP contribution is -2.11. The quantitative estimate of drug-likeness (QED) is 0.699. The van der Waals surface area contributed by atoms with Gasteiger partial charge in [0.15, 0.2) is 5.76 Å². The highest BCUT2D eigenvalue weighted by Gasteiger charge is 2.13. The second kappa shape index (κ2) is 6.36. The van der Waals surface area contributed by atoms with Gasteiger partial charge < -0.3 is 9.73 Å². The van der Waals surface area contributed by atoms with Crippen molar-refractivity contribution in [1.82, 2.24) is 0 Å². The van der Waals surface area contributed by atoms with Crippen LogP contribution in [0.4, 0.5) is 5.69 Å². The van der Waals surface area contributed by atoms with Crippen molar-refractivity contribution in [1.29, 1.82) is 0 Å². The van der Waals surface area contributed by atoms with Crippen LogP contribution in [0.15, 0.2) is 52.9 Å². The Balaban J connectivity index is 1.81. The van der Waals surface area contributed by atoms with Crippen molar-refractivity contribution in [2.24, 2.45) is 0 Å². The largest absolute Gasteiger partial charge is 0.451 e. The lowest BCUT2D eigenvalue weighted by Gasteiger charge is -2.06. The number of hydrogen-bond donors (Lipinski definition) is 1. The molecule has 122 valence electrons. The number of hydrogen-bond acceptors (Lipinski definition) is 2. The zero-order valence-electron chi connectivity index (χ0n) is 14.4. The lowest BCUT2D eigenvalue weighted by atomic mass is 10.1. The molecule has 1 amide bonds. The third-order valence-corrected chi connectivity index (χ3v) is 4.10. The van der Waals surface area contributed by atoms with Crippen molar-refractivity contribution in [3.8, 4) is 11.3 Å². The van der Waals surface area contributed by atoms with Crippen LogP contribution in [-0.4, -0.2) is 5.91 Å². The second-order valence-corrected chi connectivity index (χ2v) is 6.29. The molecule has 24 heavy (non-hydrogen) atoms. The summed E-state index contributed by atoms with van der Waals surface area (Å²) in [4.78, 5) is 12.4. The van der Waals surface area contributed by atoms with Gasteiger partial charge in [0.2, 0.25) is 0 Å². The first kappa shape index (κ1) is 16.1. The lowest BCUT2D eigenvalue weighted by molar-refractivity contribution is 0.0997. The number of carbonyl (C=O) groups excluding carboxylic acids is 1. The molecule has 1 aromatic heterocycles. The van der Waals surface area contributed by atoms with Crippen molar-refractivity contribution < 1.29 is 9.21 Å². The summed E-state index contributed by atoms with van der Waals surface area (Å²) in [5, 5.41) is 2.89. The highest BCUT2D eigenvalue weighted by Crippen LogP contribution is 2.25. The van der Waals surface area contributed by atoms with Crippen molar-refractivity contribution >= 4 is 11.6 Å². The van der Waals surface area contributed by atoms with E-state index in [-0.39, 0.29) is 5.91 Å². The van der Waals surface area contributed by atoms with E-state index in [4.69, 9.17) is 4.42 Å². The van der Waals surface area contributed by atoms with Gasteiger partial charge >= 0.3 is 0 Å². The van der Waals surface area contributed by atoms with Gasteiger partial charge in [0.25, 0.3) is 5.91 Å². The Morgan fingerprint density at radius 2 is 1.54 bits per heavy atom. The summed E-state index contributed by atoms with van der Waals surface area (Å²) in [7, 11) is 0. The number of anilines is 1. The highest BCUT2D eigenvalue weighted by atomic mass is 16.3. The topological polar surface area (TPSA) is 42.2 Å². The summed E-state index contributed by atoms with van der Waals surface area (Å²) in [6.45, 7) is 8.15. The minimum atomic E-state index is -0.241. The van der Waals surface area contributed by atoms with Crippen molar-refractivity contribution in [3.05, 3.63) is 76.5 Å². The van der Waals surface area contributed by atoms with Crippen LogP contribution in [-0.2, 0) is 0 Å². The van der Waals surface area contributed by atoms with Crippen LogP contribution >= 0.6 is 0 Å². The van der Waals surface area contributed by atoms with E-state index < -0.39 is 0 Å². The van der Waals surface area contributed by atoms with Gasteiger partial charge in [-0.3, -0.25) is 4.79 Å². The number of carbonyl (C=O) groups is 1. The third kappa shape index (κ3) is 3.40. The molecule has 0 aliphatic carbocycles. The number of rotatable bonds is 3. The van der Waals surface area contributed by atoms with E-state index >= 15 is 0 Å². The second-order valence-electron chi connectivity index (χ2n) is 6.29. The molecule has 0 saturated carbocycles. The molecule has 3 rings (SSSR count). The predicted octanol–water partition coefficient (Wildman–Crippen LogP) is 5.43.